The van der Waals surface area contributed by atoms with Crippen LogP contribution in [0.25, 0.3) is 0 Å². The van der Waals surface area contributed by atoms with Crippen LogP contribution in [0, 0.1) is 28.8 Å². The number of nitrogens with zero attached hydrogens (tertiary/aromatic N) is 1. The average molecular weight is 310 g/mol. The summed E-state index contributed by atoms with van der Waals surface area (Å²) in [5.74, 6) is -6.36. The summed E-state index contributed by atoms with van der Waals surface area (Å²) >= 11 is 5.76. The van der Waals surface area contributed by atoms with Gasteiger partial charge in [0.15, 0.2) is 5.78 Å². The molecule has 2 nitrogen and oxygen atoms in total. The molecule has 0 spiro atoms. The molecular formula is C15H7ClF3NO. The number of carbonyl (C=O) groups is 1. The number of ketones is 1. The summed E-state index contributed by atoms with van der Waals surface area (Å²) in [4.78, 5) is 12.2. The maximum atomic E-state index is 13.6. The minimum absolute atomic E-state index is 0.207. The van der Waals surface area contributed by atoms with Gasteiger partial charge in [-0.1, -0.05) is 23.7 Å². The lowest BCUT2D eigenvalue weighted by Gasteiger charge is -2.10. The fourth-order valence-electron chi connectivity index (χ4n) is 1.89. The van der Waals surface area contributed by atoms with E-state index in [1.54, 1.807) is 6.07 Å². The van der Waals surface area contributed by atoms with Crippen molar-refractivity contribution in [2.45, 2.75) is 5.92 Å². The van der Waals surface area contributed by atoms with Crippen LogP contribution in [-0.4, -0.2) is 5.78 Å². The van der Waals surface area contributed by atoms with Crippen molar-refractivity contribution in [2.24, 2.45) is 0 Å². The Labute approximate surface area is 123 Å². The highest BCUT2D eigenvalue weighted by atomic mass is 35.5. The normalized spacial score (nSPS) is 11.8. The minimum Gasteiger partial charge on any atom is -0.292 e. The first kappa shape index (κ1) is 15.1. The fourth-order valence-corrected chi connectivity index (χ4v) is 2.09. The van der Waals surface area contributed by atoms with E-state index in [4.69, 9.17) is 16.9 Å². The number of Topliss-reactive ketones (excluding diaryl/α,β-unsaturated/α-hetero) is 1. The average Bonchev–Trinajstić information content (AvgIpc) is 2.38. The number of hydrogen-bond donors (Lipinski definition) is 0. The molecule has 0 amide bonds. The largest absolute Gasteiger partial charge is 0.292 e. The maximum absolute atomic E-state index is 13.6. The lowest BCUT2D eigenvalue weighted by atomic mass is 9.91. The Bertz CT molecular complexity index is 732. The Morgan fingerprint density at radius 2 is 1.76 bits per heavy atom. The van der Waals surface area contributed by atoms with Crippen LogP contribution in [0.15, 0.2) is 36.4 Å². The Morgan fingerprint density at radius 1 is 1.14 bits per heavy atom. The Balaban J connectivity index is 2.50. The Morgan fingerprint density at radius 3 is 2.29 bits per heavy atom. The van der Waals surface area contributed by atoms with Gasteiger partial charge in [-0.2, -0.15) is 5.26 Å². The molecule has 106 valence electrons. The van der Waals surface area contributed by atoms with E-state index >= 15 is 0 Å². The summed E-state index contributed by atoms with van der Waals surface area (Å²) in [6.07, 6.45) is 0. The smallest absolute Gasteiger partial charge is 0.190 e. The van der Waals surface area contributed by atoms with Crippen LogP contribution in [0.4, 0.5) is 13.2 Å². The third kappa shape index (κ3) is 3.06. The SMILES string of the molecule is N#CC(C(=O)c1c(F)cc(F)cc1F)c1cccc(Cl)c1. The molecule has 2 rings (SSSR count). The van der Waals surface area contributed by atoms with Gasteiger partial charge < -0.3 is 0 Å². The van der Waals surface area contributed by atoms with Crippen molar-refractivity contribution in [3.63, 3.8) is 0 Å². The highest BCUT2D eigenvalue weighted by molar-refractivity contribution is 6.30. The van der Waals surface area contributed by atoms with Crippen molar-refractivity contribution in [1.29, 1.82) is 5.26 Å². The molecule has 0 radical (unpaired) electrons. The molecule has 2 aromatic carbocycles. The number of rotatable bonds is 3. The van der Waals surface area contributed by atoms with Gasteiger partial charge in [-0.05, 0) is 17.7 Å². The summed E-state index contributed by atoms with van der Waals surface area (Å²) < 4.78 is 40.1. The summed E-state index contributed by atoms with van der Waals surface area (Å²) in [5.41, 5.74) is -0.735. The van der Waals surface area contributed by atoms with E-state index in [-0.39, 0.29) is 10.6 Å². The van der Waals surface area contributed by atoms with Gasteiger partial charge >= 0.3 is 0 Å². The van der Waals surface area contributed by atoms with E-state index in [1.807, 2.05) is 0 Å². The molecule has 6 heteroatoms. The second-order valence-corrected chi connectivity index (χ2v) is 4.66. The van der Waals surface area contributed by atoms with E-state index in [0.717, 1.165) is 0 Å². The molecule has 0 heterocycles. The first-order valence-electron chi connectivity index (χ1n) is 5.78. The Hall–Kier alpha value is -2.32. The lowest BCUT2D eigenvalue weighted by Crippen LogP contribution is -2.15. The predicted molar refractivity (Wildman–Crippen MR) is 70.5 cm³/mol. The van der Waals surface area contributed by atoms with E-state index in [1.165, 1.54) is 24.3 Å². The molecule has 21 heavy (non-hydrogen) atoms. The molecule has 2 aromatic rings. The van der Waals surface area contributed by atoms with E-state index < -0.39 is 34.7 Å². The molecule has 0 aliphatic carbocycles. The molecule has 0 saturated carbocycles. The van der Waals surface area contributed by atoms with Crippen LogP contribution in [0.2, 0.25) is 5.02 Å². The number of hydrogen-bond acceptors (Lipinski definition) is 2. The summed E-state index contributed by atoms with van der Waals surface area (Å²) in [6.45, 7) is 0. The summed E-state index contributed by atoms with van der Waals surface area (Å²) in [5, 5.41) is 9.38. The van der Waals surface area contributed by atoms with Crippen molar-refractivity contribution < 1.29 is 18.0 Å². The van der Waals surface area contributed by atoms with Crippen molar-refractivity contribution >= 4 is 17.4 Å². The minimum atomic E-state index is -1.43. The van der Waals surface area contributed by atoms with E-state index in [2.05, 4.69) is 0 Å². The van der Waals surface area contributed by atoms with Crippen LogP contribution in [0.1, 0.15) is 21.8 Å². The molecule has 0 saturated heterocycles. The number of benzene rings is 2. The van der Waals surface area contributed by atoms with E-state index in [9.17, 15) is 18.0 Å². The summed E-state index contributed by atoms with van der Waals surface area (Å²) in [7, 11) is 0. The lowest BCUT2D eigenvalue weighted by molar-refractivity contribution is 0.0970. The number of nitriles is 1. The molecule has 1 atom stereocenters. The highest BCUT2D eigenvalue weighted by Gasteiger charge is 2.28. The van der Waals surface area contributed by atoms with Gasteiger partial charge in [0.1, 0.15) is 23.4 Å². The maximum Gasteiger partial charge on any atom is 0.190 e. The first-order valence-corrected chi connectivity index (χ1v) is 6.15. The monoisotopic (exact) mass is 309 g/mol. The molecule has 0 aromatic heterocycles. The van der Waals surface area contributed by atoms with Crippen LogP contribution >= 0.6 is 11.6 Å². The quantitative estimate of drug-likeness (QED) is 0.795. The molecule has 0 bridgehead atoms. The molecule has 0 fully saturated rings. The van der Waals surface area contributed by atoms with Crippen molar-refractivity contribution in [2.75, 3.05) is 0 Å². The van der Waals surface area contributed by atoms with Crippen molar-refractivity contribution in [3.05, 3.63) is 70.0 Å². The van der Waals surface area contributed by atoms with Gasteiger partial charge in [0.05, 0.1) is 11.6 Å². The van der Waals surface area contributed by atoms with Gasteiger partial charge in [0.2, 0.25) is 0 Å². The molecule has 1 unspecified atom stereocenters. The van der Waals surface area contributed by atoms with Gasteiger partial charge in [-0.15, -0.1) is 0 Å². The van der Waals surface area contributed by atoms with Gasteiger partial charge in [0, 0.05) is 17.2 Å². The third-order valence-corrected chi connectivity index (χ3v) is 3.06. The second-order valence-electron chi connectivity index (χ2n) is 4.23. The van der Waals surface area contributed by atoms with Gasteiger partial charge in [0.25, 0.3) is 0 Å². The van der Waals surface area contributed by atoms with Crippen LogP contribution in [0.5, 0.6) is 0 Å². The highest BCUT2D eigenvalue weighted by Crippen LogP contribution is 2.26. The number of halogens is 4. The van der Waals surface area contributed by atoms with Crippen molar-refractivity contribution in [3.8, 4) is 6.07 Å². The van der Waals surface area contributed by atoms with Crippen LogP contribution in [-0.2, 0) is 0 Å². The van der Waals surface area contributed by atoms with Gasteiger partial charge in [-0.3, -0.25) is 4.79 Å². The number of carbonyl (C=O) groups excluding carboxylic acids is 1. The van der Waals surface area contributed by atoms with Crippen LogP contribution < -0.4 is 0 Å². The second kappa shape index (κ2) is 5.98. The molecule has 0 N–H and O–H groups in total. The standard InChI is InChI=1S/C15H7ClF3NO/c16-9-3-1-2-8(4-9)11(7-20)15(21)14-12(18)5-10(17)6-13(14)19/h1-6,11H. The van der Waals surface area contributed by atoms with Crippen molar-refractivity contribution in [1.82, 2.24) is 0 Å². The van der Waals surface area contributed by atoms with Gasteiger partial charge in [-0.25, -0.2) is 13.2 Å². The van der Waals surface area contributed by atoms with E-state index in [0.29, 0.717) is 12.1 Å². The molecule has 0 aliphatic heterocycles. The topological polar surface area (TPSA) is 40.9 Å². The van der Waals surface area contributed by atoms with Crippen LogP contribution in [0.3, 0.4) is 0 Å². The zero-order valence-electron chi connectivity index (χ0n) is 10.4. The molecular weight excluding hydrogens is 303 g/mol. The zero-order valence-corrected chi connectivity index (χ0v) is 11.2. The Kier molecular flexibility index (Phi) is 4.29. The first-order chi connectivity index (χ1) is 9.93. The fraction of sp³-hybridized carbons (Fsp3) is 0.0667. The molecule has 0 aliphatic rings. The predicted octanol–water partition coefficient (Wildman–Crippen LogP) is 4.25. The third-order valence-electron chi connectivity index (χ3n) is 2.83. The summed E-state index contributed by atoms with van der Waals surface area (Å²) in [6, 6.07) is 8.29. The zero-order chi connectivity index (χ0) is 15.6.